The number of nitrogens with one attached hydrogen (secondary N) is 1. The Morgan fingerprint density at radius 2 is 1.75 bits per heavy atom. The number of carboxylic acid groups (broad SMARTS) is 1. The van der Waals surface area contributed by atoms with E-state index in [1.165, 1.54) is 0 Å². The summed E-state index contributed by atoms with van der Waals surface area (Å²) in [7, 11) is 0. The molecule has 4 rings (SSSR count). The molecule has 0 aliphatic rings. The van der Waals surface area contributed by atoms with Gasteiger partial charge >= 0.3 is 11.6 Å². The fourth-order valence-electron chi connectivity index (χ4n) is 4.01. The molecule has 0 spiro atoms. The lowest BCUT2D eigenvalue weighted by atomic mass is 9.98. The van der Waals surface area contributed by atoms with Crippen LogP contribution >= 0.6 is 0 Å². The average molecular weight is 433 g/mol. The summed E-state index contributed by atoms with van der Waals surface area (Å²) >= 11 is 0. The first kappa shape index (κ1) is 21.4. The minimum absolute atomic E-state index is 0.0420. The Hall–Kier alpha value is -3.87. The smallest absolute Gasteiger partial charge is 0.339 e. The second-order valence-electron chi connectivity index (χ2n) is 7.92. The molecule has 2 heterocycles. The number of carboxylic acids is 1. The average Bonchev–Trinajstić information content (AvgIpc) is 3.14. The van der Waals surface area contributed by atoms with E-state index < -0.39 is 23.5 Å². The number of carbonyl (C=O) groups excluding carboxylic acids is 1. The summed E-state index contributed by atoms with van der Waals surface area (Å²) in [5.74, 6) is -1.61. The molecule has 0 aliphatic carbocycles. The van der Waals surface area contributed by atoms with Gasteiger partial charge in [-0.2, -0.15) is 0 Å². The molecule has 0 aliphatic heterocycles. The summed E-state index contributed by atoms with van der Waals surface area (Å²) in [6.45, 7) is 5.62. The quantitative estimate of drug-likeness (QED) is 0.438. The van der Waals surface area contributed by atoms with E-state index in [0.717, 1.165) is 27.5 Å². The fraction of sp³-hybridized carbons (Fsp3) is 0.240. The summed E-state index contributed by atoms with van der Waals surface area (Å²) in [4.78, 5) is 36.8. The molecule has 4 aromatic rings. The van der Waals surface area contributed by atoms with E-state index in [0.29, 0.717) is 22.3 Å². The van der Waals surface area contributed by atoms with Crippen LogP contribution in [0.1, 0.15) is 40.3 Å². The zero-order valence-corrected chi connectivity index (χ0v) is 18.0. The van der Waals surface area contributed by atoms with Crippen molar-refractivity contribution in [2.45, 2.75) is 39.7 Å². The molecule has 0 fully saturated rings. The van der Waals surface area contributed by atoms with Gasteiger partial charge in [-0.15, -0.1) is 0 Å². The van der Waals surface area contributed by atoms with Crippen molar-refractivity contribution in [3.8, 4) is 0 Å². The highest BCUT2D eigenvalue weighted by Gasteiger charge is 2.23. The lowest BCUT2D eigenvalue weighted by Crippen LogP contribution is -2.34. The number of aryl methyl sites for hydroxylation is 3. The fourth-order valence-corrected chi connectivity index (χ4v) is 4.01. The third kappa shape index (κ3) is 3.77. The molecule has 1 amide bonds. The van der Waals surface area contributed by atoms with Gasteiger partial charge in [0, 0.05) is 28.3 Å². The van der Waals surface area contributed by atoms with Crippen LogP contribution in [0.3, 0.4) is 0 Å². The van der Waals surface area contributed by atoms with E-state index in [1.54, 1.807) is 36.6 Å². The molecule has 7 heteroatoms. The second kappa shape index (κ2) is 8.34. The van der Waals surface area contributed by atoms with Gasteiger partial charge < -0.3 is 19.3 Å². The lowest BCUT2D eigenvalue weighted by molar-refractivity contribution is -0.142. The van der Waals surface area contributed by atoms with Crippen LogP contribution in [0.15, 0.2) is 56.3 Å². The molecule has 164 valence electrons. The summed E-state index contributed by atoms with van der Waals surface area (Å²) in [6, 6.07) is 9.26. The number of aliphatic carboxylic acids is 1. The van der Waals surface area contributed by atoms with E-state index in [-0.39, 0.29) is 12.8 Å². The molecule has 0 bridgehead atoms. The molecule has 0 saturated carbocycles. The molecule has 2 aromatic carbocycles. The van der Waals surface area contributed by atoms with Gasteiger partial charge in [0.1, 0.15) is 11.2 Å². The maximum Gasteiger partial charge on any atom is 0.339 e. The van der Waals surface area contributed by atoms with E-state index in [9.17, 15) is 19.5 Å². The number of amides is 1. The van der Waals surface area contributed by atoms with Crippen molar-refractivity contribution >= 4 is 33.8 Å². The summed E-state index contributed by atoms with van der Waals surface area (Å²) in [5, 5.41) is 13.8. The van der Waals surface area contributed by atoms with Crippen LogP contribution in [-0.2, 0) is 16.0 Å². The first-order valence-electron chi connectivity index (χ1n) is 10.3. The van der Waals surface area contributed by atoms with Crippen molar-refractivity contribution in [2.75, 3.05) is 0 Å². The van der Waals surface area contributed by atoms with Crippen molar-refractivity contribution in [1.29, 1.82) is 0 Å². The van der Waals surface area contributed by atoms with Gasteiger partial charge in [0.05, 0.1) is 6.26 Å². The lowest BCUT2D eigenvalue weighted by Gasteiger charge is -2.15. The van der Waals surface area contributed by atoms with Crippen molar-refractivity contribution in [3.63, 3.8) is 0 Å². The molecule has 0 radical (unpaired) electrons. The zero-order valence-electron chi connectivity index (χ0n) is 18.0. The Bertz CT molecular complexity index is 1400. The monoisotopic (exact) mass is 433 g/mol. The predicted molar refractivity (Wildman–Crippen MR) is 120 cm³/mol. The van der Waals surface area contributed by atoms with Crippen LogP contribution in [0.2, 0.25) is 0 Å². The first-order chi connectivity index (χ1) is 15.3. The van der Waals surface area contributed by atoms with Crippen LogP contribution in [0.25, 0.3) is 21.9 Å². The largest absolute Gasteiger partial charge is 0.479 e. The molecule has 0 saturated heterocycles. The van der Waals surface area contributed by atoms with E-state index in [1.807, 2.05) is 26.8 Å². The second-order valence-corrected chi connectivity index (χ2v) is 7.92. The molecule has 32 heavy (non-hydrogen) atoms. The number of rotatable bonds is 6. The van der Waals surface area contributed by atoms with Gasteiger partial charge in [0.2, 0.25) is 5.91 Å². The van der Waals surface area contributed by atoms with Gasteiger partial charge in [-0.05, 0) is 49.9 Å². The van der Waals surface area contributed by atoms with Gasteiger partial charge in [-0.1, -0.05) is 30.3 Å². The minimum atomic E-state index is -1.15. The molecule has 1 unspecified atom stereocenters. The number of hydrogen-bond donors (Lipinski definition) is 2. The third-order valence-electron chi connectivity index (χ3n) is 5.82. The highest BCUT2D eigenvalue weighted by Crippen LogP contribution is 2.32. The van der Waals surface area contributed by atoms with E-state index in [2.05, 4.69) is 5.32 Å². The third-order valence-corrected chi connectivity index (χ3v) is 5.82. The van der Waals surface area contributed by atoms with Crippen molar-refractivity contribution in [1.82, 2.24) is 5.32 Å². The molecule has 7 nitrogen and oxygen atoms in total. The van der Waals surface area contributed by atoms with Crippen molar-refractivity contribution in [3.05, 3.63) is 80.9 Å². The predicted octanol–water partition coefficient (Wildman–Crippen LogP) is 4.34. The van der Waals surface area contributed by atoms with Gasteiger partial charge in [-0.3, -0.25) is 4.79 Å². The van der Waals surface area contributed by atoms with Gasteiger partial charge in [0.25, 0.3) is 0 Å². The SMILES string of the molecule is Cc1coc2c(C)c3oc(=O)c(CCC(=O)NC(C(=O)O)c4ccccc4)c(C)c3cc12. The minimum Gasteiger partial charge on any atom is -0.479 e. The normalized spacial score (nSPS) is 12.2. The highest BCUT2D eigenvalue weighted by atomic mass is 16.4. The van der Waals surface area contributed by atoms with Crippen LogP contribution in [0.5, 0.6) is 0 Å². The van der Waals surface area contributed by atoms with Crippen LogP contribution in [0.4, 0.5) is 0 Å². The van der Waals surface area contributed by atoms with Crippen LogP contribution < -0.4 is 10.9 Å². The summed E-state index contributed by atoms with van der Waals surface area (Å²) < 4.78 is 11.2. The maximum atomic E-state index is 12.7. The van der Waals surface area contributed by atoms with Gasteiger partial charge in [0.15, 0.2) is 6.04 Å². The Labute approximate surface area is 183 Å². The summed E-state index contributed by atoms with van der Waals surface area (Å²) in [5.41, 5.74) is 4.00. The maximum absolute atomic E-state index is 12.7. The van der Waals surface area contributed by atoms with Gasteiger partial charge in [-0.25, -0.2) is 9.59 Å². The van der Waals surface area contributed by atoms with E-state index in [4.69, 9.17) is 8.83 Å². The first-order valence-corrected chi connectivity index (χ1v) is 10.3. The number of fused-ring (bicyclic) bond motifs is 2. The Morgan fingerprint density at radius 1 is 1.03 bits per heavy atom. The van der Waals surface area contributed by atoms with E-state index >= 15 is 0 Å². The van der Waals surface area contributed by atoms with Crippen molar-refractivity contribution < 1.29 is 23.5 Å². The zero-order chi connectivity index (χ0) is 23.0. The Kier molecular flexibility index (Phi) is 5.57. The number of furan rings is 1. The Morgan fingerprint density at radius 3 is 2.44 bits per heavy atom. The van der Waals surface area contributed by atoms with Crippen LogP contribution in [0, 0.1) is 20.8 Å². The standard InChI is InChI=1S/C25H23NO6/c1-13-12-31-22-15(3)23-19(11-18(13)22)14(2)17(25(30)32-23)9-10-20(27)26-21(24(28)29)16-7-5-4-6-8-16/h4-8,11-12,21H,9-10H2,1-3H3,(H,26,27)(H,28,29). The molecule has 2 aromatic heterocycles. The van der Waals surface area contributed by atoms with Crippen molar-refractivity contribution in [2.24, 2.45) is 0 Å². The molecular weight excluding hydrogens is 410 g/mol. The topological polar surface area (TPSA) is 110 Å². The number of hydrogen-bond acceptors (Lipinski definition) is 5. The number of carbonyl (C=O) groups is 2. The molecule has 2 N–H and O–H groups in total. The molecule has 1 atom stereocenters. The van der Waals surface area contributed by atoms with Crippen LogP contribution in [-0.4, -0.2) is 17.0 Å². The number of benzene rings is 2. The summed E-state index contributed by atoms with van der Waals surface area (Å²) in [6.07, 6.45) is 1.76. The molecular formula is C25H23NO6. The highest BCUT2D eigenvalue weighted by molar-refractivity contribution is 5.99. The Balaban J connectivity index is 1.61.